The monoisotopic (exact) mass is 431 g/mol. The number of amides is 2. The van der Waals surface area contributed by atoms with Gasteiger partial charge in [-0.3, -0.25) is 14.4 Å². The van der Waals surface area contributed by atoms with E-state index in [4.69, 9.17) is 0 Å². The van der Waals surface area contributed by atoms with Gasteiger partial charge in [-0.25, -0.2) is 4.39 Å². The third kappa shape index (κ3) is 3.70. The fraction of sp³-hybridized carbons (Fsp3) is 0.240. The molecule has 5 rings (SSSR count). The van der Waals surface area contributed by atoms with Crippen molar-refractivity contribution < 1.29 is 14.0 Å². The molecule has 32 heavy (non-hydrogen) atoms. The van der Waals surface area contributed by atoms with Crippen molar-refractivity contribution in [2.45, 2.75) is 18.9 Å². The van der Waals surface area contributed by atoms with Crippen molar-refractivity contribution >= 4 is 17.5 Å². The number of nitrogens with one attached hydrogen (secondary N) is 1. The highest BCUT2D eigenvalue weighted by atomic mass is 19.1. The van der Waals surface area contributed by atoms with E-state index in [1.807, 2.05) is 41.3 Å². The van der Waals surface area contributed by atoms with Gasteiger partial charge in [0.15, 0.2) is 0 Å². The molecule has 0 unspecified atom stereocenters. The number of halogens is 1. The zero-order valence-electron chi connectivity index (χ0n) is 17.3. The molecule has 0 spiro atoms. The van der Waals surface area contributed by atoms with Crippen LogP contribution in [0.1, 0.15) is 38.7 Å². The molecule has 1 saturated heterocycles. The number of carbonyl (C=O) groups excluding carboxylic acids is 2. The number of pyridine rings is 1. The average Bonchev–Trinajstić information content (AvgIpc) is 2.81. The van der Waals surface area contributed by atoms with E-state index in [1.165, 1.54) is 24.3 Å². The third-order valence-corrected chi connectivity index (χ3v) is 6.27. The Morgan fingerprint density at radius 1 is 0.875 bits per heavy atom. The van der Waals surface area contributed by atoms with E-state index < -0.39 is 11.7 Å². The molecule has 0 radical (unpaired) electrons. The van der Waals surface area contributed by atoms with Crippen molar-refractivity contribution in [2.24, 2.45) is 5.92 Å². The number of nitrogens with zero attached hydrogens (tertiary/aromatic N) is 2. The number of likely N-dealkylation sites (tertiary alicyclic amines) is 1. The standard InChI is InChI=1S/C25H22FN3O3/c26-20-8-6-17(7-9-20)23(30)27-21-10-11-22-19-12-16(14-29(22)25(21)32)13-28(15-19)24(31)18-4-2-1-3-5-18/h1-11,16,19H,12-15H2,(H,27,30)/t16-,19+/m0/s1. The number of carbonyl (C=O) groups is 2. The van der Waals surface area contributed by atoms with Crippen LogP contribution >= 0.6 is 0 Å². The molecule has 3 heterocycles. The van der Waals surface area contributed by atoms with Gasteiger partial charge in [-0.1, -0.05) is 18.2 Å². The third-order valence-electron chi connectivity index (χ3n) is 6.27. The van der Waals surface area contributed by atoms with Gasteiger partial charge in [0.2, 0.25) is 0 Å². The highest BCUT2D eigenvalue weighted by molar-refractivity contribution is 6.04. The van der Waals surface area contributed by atoms with Crippen molar-refractivity contribution in [2.75, 3.05) is 18.4 Å². The Balaban J connectivity index is 1.37. The number of anilines is 1. The van der Waals surface area contributed by atoms with Crippen molar-refractivity contribution in [1.82, 2.24) is 9.47 Å². The lowest BCUT2D eigenvalue weighted by Gasteiger charge is -2.43. The first-order valence-corrected chi connectivity index (χ1v) is 10.6. The fourth-order valence-corrected chi connectivity index (χ4v) is 4.77. The number of fused-ring (bicyclic) bond motifs is 4. The summed E-state index contributed by atoms with van der Waals surface area (Å²) in [6, 6.07) is 17.9. The van der Waals surface area contributed by atoms with Gasteiger partial charge in [0, 0.05) is 42.4 Å². The predicted octanol–water partition coefficient (Wildman–Crippen LogP) is 3.50. The van der Waals surface area contributed by atoms with Gasteiger partial charge in [0.1, 0.15) is 11.5 Å². The highest BCUT2D eigenvalue weighted by Gasteiger charge is 2.37. The van der Waals surface area contributed by atoms with Crippen LogP contribution < -0.4 is 10.9 Å². The molecule has 6 nitrogen and oxygen atoms in total. The molecule has 2 aliphatic heterocycles. The Bertz CT molecular complexity index is 1240. The smallest absolute Gasteiger partial charge is 0.274 e. The zero-order chi connectivity index (χ0) is 22.2. The van der Waals surface area contributed by atoms with E-state index in [9.17, 15) is 18.8 Å². The van der Waals surface area contributed by atoms with Crippen molar-refractivity contribution in [3.63, 3.8) is 0 Å². The van der Waals surface area contributed by atoms with Gasteiger partial charge in [0.25, 0.3) is 17.4 Å². The predicted molar refractivity (Wildman–Crippen MR) is 118 cm³/mol. The highest BCUT2D eigenvalue weighted by Crippen LogP contribution is 2.36. The summed E-state index contributed by atoms with van der Waals surface area (Å²) in [6.45, 7) is 1.66. The van der Waals surface area contributed by atoms with Crippen LogP contribution in [-0.4, -0.2) is 34.4 Å². The van der Waals surface area contributed by atoms with Gasteiger partial charge < -0.3 is 14.8 Å². The maximum Gasteiger partial charge on any atom is 0.274 e. The second kappa shape index (κ2) is 8.07. The molecule has 2 aromatic carbocycles. The second-order valence-corrected chi connectivity index (χ2v) is 8.42. The van der Waals surface area contributed by atoms with E-state index in [0.717, 1.165) is 12.1 Å². The Labute approximate surface area is 184 Å². The fourth-order valence-electron chi connectivity index (χ4n) is 4.77. The maximum absolute atomic E-state index is 13.1. The lowest BCUT2D eigenvalue weighted by atomic mass is 9.83. The van der Waals surface area contributed by atoms with Crippen LogP contribution in [0.25, 0.3) is 0 Å². The minimum absolute atomic E-state index is 0.0132. The normalized spacial score (nSPS) is 19.2. The summed E-state index contributed by atoms with van der Waals surface area (Å²) in [5, 5.41) is 2.65. The first-order valence-electron chi connectivity index (χ1n) is 10.6. The second-order valence-electron chi connectivity index (χ2n) is 8.42. The summed E-state index contributed by atoms with van der Waals surface area (Å²) in [4.78, 5) is 40.4. The summed E-state index contributed by atoms with van der Waals surface area (Å²) in [6.07, 6.45) is 0.930. The van der Waals surface area contributed by atoms with Crippen LogP contribution in [0, 0.1) is 11.7 Å². The van der Waals surface area contributed by atoms with E-state index in [1.54, 1.807) is 10.6 Å². The topological polar surface area (TPSA) is 71.4 Å². The Hall–Kier alpha value is -3.74. The number of rotatable bonds is 3. The summed E-state index contributed by atoms with van der Waals surface area (Å²) >= 11 is 0. The number of piperidine rings is 1. The zero-order valence-corrected chi connectivity index (χ0v) is 17.3. The minimum atomic E-state index is -0.460. The molecule has 0 saturated carbocycles. The molecule has 1 fully saturated rings. The molecule has 7 heteroatoms. The van der Waals surface area contributed by atoms with Gasteiger partial charge in [-0.15, -0.1) is 0 Å². The molecular weight excluding hydrogens is 409 g/mol. The molecule has 2 amide bonds. The van der Waals surface area contributed by atoms with Crippen LogP contribution in [0.2, 0.25) is 0 Å². The number of hydrogen-bond donors (Lipinski definition) is 1. The van der Waals surface area contributed by atoms with E-state index >= 15 is 0 Å². The number of aromatic nitrogens is 1. The SMILES string of the molecule is O=C(Nc1ccc2n(c1=O)C[C@H]1C[C@@H]2CN(C(=O)c2ccccc2)C1)c1ccc(F)cc1. The van der Waals surface area contributed by atoms with E-state index in [2.05, 4.69) is 5.32 Å². The minimum Gasteiger partial charge on any atom is -0.338 e. The Kier molecular flexibility index (Phi) is 5.09. The van der Waals surface area contributed by atoms with E-state index in [0.29, 0.717) is 25.2 Å². The number of hydrogen-bond acceptors (Lipinski definition) is 3. The molecule has 2 atom stereocenters. The van der Waals surface area contributed by atoms with Gasteiger partial charge in [-0.05, 0) is 60.9 Å². The molecule has 1 aromatic heterocycles. The van der Waals surface area contributed by atoms with Crippen molar-refractivity contribution in [3.05, 3.63) is 99.7 Å². The molecule has 0 aliphatic carbocycles. The van der Waals surface area contributed by atoms with Crippen molar-refractivity contribution in [1.29, 1.82) is 0 Å². The van der Waals surface area contributed by atoms with E-state index in [-0.39, 0.29) is 34.6 Å². The molecule has 162 valence electrons. The van der Waals surface area contributed by atoms with Crippen LogP contribution in [-0.2, 0) is 6.54 Å². The summed E-state index contributed by atoms with van der Waals surface area (Å²) in [5.74, 6) is -0.626. The summed E-state index contributed by atoms with van der Waals surface area (Å²) in [7, 11) is 0. The lowest BCUT2D eigenvalue weighted by Crippen LogP contribution is -2.49. The summed E-state index contributed by atoms with van der Waals surface area (Å²) in [5.41, 5.74) is 1.77. The average molecular weight is 431 g/mol. The number of benzene rings is 2. The van der Waals surface area contributed by atoms with Crippen LogP contribution in [0.4, 0.5) is 10.1 Å². The molecule has 2 aliphatic rings. The molecular formula is C25H22FN3O3. The van der Waals surface area contributed by atoms with Gasteiger partial charge in [-0.2, -0.15) is 0 Å². The first-order chi connectivity index (χ1) is 15.5. The lowest BCUT2D eigenvalue weighted by molar-refractivity contribution is 0.0594. The van der Waals surface area contributed by atoms with Crippen LogP contribution in [0.15, 0.2) is 71.5 Å². The Morgan fingerprint density at radius 3 is 2.38 bits per heavy atom. The molecule has 3 aromatic rings. The quantitative estimate of drug-likeness (QED) is 0.690. The summed E-state index contributed by atoms with van der Waals surface area (Å²) < 4.78 is 14.8. The van der Waals surface area contributed by atoms with Crippen LogP contribution in [0.3, 0.4) is 0 Å². The first kappa shape index (κ1) is 20.2. The van der Waals surface area contributed by atoms with Gasteiger partial charge in [0.05, 0.1) is 0 Å². The largest absolute Gasteiger partial charge is 0.338 e. The van der Waals surface area contributed by atoms with Crippen molar-refractivity contribution in [3.8, 4) is 0 Å². The molecule has 2 bridgehead atoms. The maximum atomic E-state index is 13.1. The Morgan fingerprint density at radius 2 is 1.62 bits per heavy atom. The molecule has 1 N–H and O–H groups in total. The van der Waals surface area contributed by atoms with Crippen LogP contribution in [0.5, 0.6) is 0 Å². The van der Waals surface area contributed by atoms with Gasteiger partial charge >= 0.3 is 0 Å².